The van der Waals surface area contributed by atoms with E-state index in [1.165, 1.54) is 13.8 Å². The van der Waals surface area contributed by atoms with E-state index in [1.807, 2.05) is 0 Å². The Morgan fingerprint density at radius 3 is 2.18 bits per heavy atom. The lowest BCUT2D eigenvalue weighted by Gasteiger charge is -2.13. The number of carbonyl (C=O) groups excluding carboxylic acids is 2. The molecular weight excluding hydrogens is 152 g/mol. The predicted molar refractivity (Wildman–Crippen MR) is 34.5 cm³/mol. The minimum Gasteiger partial charge on any atom is -0.389 e. The molecule has 0 amide bonds. The van der Waals surface area contributed by atoms with Gasteiger partial charge in [0.05, 0.1) is 0 Å². The molecule has 0 aliphatic rings. The molecule has 0 unspecified atom stereocenters. The van der Waals surface area contributed by atoms with Crippen LogP contribution in [0.3, 0.4) is 0 Å². The molecule has 5 nitrogen and oxygen atoms in total. The molecule has 0 spiro atoms. The van der Waals surface area contributed by atoms with E-state index in [1.54, 1.807) is 0 Å². The van der Waals surface area contributed by atoms with Crippen LogP contribution in [0.2, 0.25) is 0 Å². The Balaban J connectivity index is 3.99. The molecule has 64 valence electrons. The third-order valence-electron chi connectivity index (χ3n) is 0.835. The molecule has 0 rings (SSSR count). The largest absolute Gasteiger partial charge is 0.389 e. The summed E-state index contributed by atoms with van der Waals surface area (Å²) in [5.41, 5.74) is -1.70. The Kier molecular flexibility index (Phi) is 3.16. The molecule has 0 bridgehead atoms. The molecule has 0 aromatic heterocycles. The van der Waals surface area contributed by atoms with Crippen LogP contribution in [0.1, 0.15) is 13.8 Å². The molecule has 11 heavy (non-hydrogen) atoms. The number of esters is 2. The summed E-state index contributed by atoms with van der Waals surface area (Å²) in [6, 6.07) is 0. The lowest BCUT2D eigenvalue weighted by Crippen LogP contribution is -2.35. The second-order valence-electron chi connectivity index (χ2n) is 2.48. The second kappa shape index (κ2) is 3.45. The highest BCUT2D eigenvalue weighted by molar-refractivity contribution is 5.90. The molecule has 0 saturated heterocycles. The summed E-state index contributed by atoms with van der Waals surface area (Å²) in [5, 5.41) is 17.1. The lowest BCUT2D eigenvalue weighted by molar-refractivity contribution is -0.173. The van der Waals surface area contributed by atoms with Gasteiger partial charge in [-0.1, -0.05) is 0 Å². The maximum Gasteiger partial charge on any atom is 0.345 e. The van der Waals surface area contributed by atoms with Crippen LogP contribution in [0.4, 0.5) is 0 Å². The molecule has 2 N–H and O–H groups in total. The Morgan fingerprint density at radius 2 is 1.91 bits per heavy atom. The average Bonchev–Trinajstić information content (AvgIpc) is 1.85. The van der Waals surface area contributed by atoms with Gasteiger partial charge in [0.1, 0.15) is 6.61 Å². The van der Waals surface area contributed by atoms with Crippen LogP contribution in [0, 0.1) is 0 Å². The molecule has 0 heterocycles. The van der Waals surface area contributed by atoms with Gasteiger partial charge in [0.25, 0.3) is 0 Å². The minimum absolute atomic E-state index is 0.873. The Hall–Kier alpha value is -0.940. The number of carbonyl (C=O) groups is 2. The monoisotopic (exact) mass is 162 g/mol. The van der Waals surface area contributed by atoms with Crippen molar-refractivity contribution >= 4 is 11.9 Å². The van der Waals surface area contributed by atoms with Crippen molar-refractivity contribution in [1.29, 1.82) is 0 Å². The highest BCUT2D eigenvalue weighted by Gasteiger charge is 2.27. The fraction of sp³-hybridized carbons (Fsp3) is 0.667. The van der Waals surface area contributed by atoms with Crippen LogP contribution in [0.5, 0.6) is 0 Å². The van der Waals surface area contributed by atoms with Crippen molar-refractivity contribution in [1.82, 2.24) is 0 Å². The standard InChI is InChI=1S/C6H10O5/c1-6(2,10)5(9)11-4(8)3-7/h7,10H,3H2,1-2H3. The summed E-state index contributed by atoms with van der Waals surface area (Å²) >= 11 is 0. The van der Waals surface area contributed by atoms with Crippen molar-refractivity contribution in [2.75, 3.05) is 6.61 Å². The van der Waals surface area contributed by atoms with Crippen LogP contribution in [0.15, 0.2) is 0 Å². The zero-order chi connectivity index (χ0) is 9.07. The van der Waals surface area contributed by atoms with Crippen LogP contribution >= 0.6 is 0 Å². The van der Waals surface area contributed by atoms with E-state index >= 15 is 0 Å². The number of ether oxygens (including phenoxy) is 1. The molecule has 0 radical (unpaired) electrons. The number of hydrogen-bond acceptors (Lipinski definition) is 5. The smallest absolute Gasteiger partial charge is 0.345 e. The Labute approximate surface area is 63.6 Å². The molecule has 0 aromatic carbocycles. The van der Waals surface area contributed by atoms with E-state index in [-0.39, 0.29) is 0 Å². The summed E-state index contributed by atoms with van der Waals surface area (Å²) in [6.45, 7) is 1.49. The van der Waals surface area contributed by atoms with E-state index in [9.17, 15) is 9.59 Å². The van der Waals surface area contributed by atoms with Crippen molar-refractivity contribution < 1.29 is 24.5 Å². The maximum atomic E-state index is 10.6. The summed E-state index contributed by atoms with van der Waals surface area (Å²) in [6.07, 6.45) is 0. The van der Waals surface area contributed by atoms with Gasteiger partial charge >= 0.3 is 11.9 Å². The van der Waals surface area contributed by atoms with Gasteiger partial charge in [-0.3, -0.25) is 0 Å². The third kappa shape index (κ3) is 3.69. The molecule has 5 heteroatoms. The van der Waals surface area contributed by atoms with E-state index in [4.69, 9.17) is 10.2 Å². The fourth-order valence-electron chi connectivity index (χ4n) is 0.261. The van der Waals surface area contributed by atoms with E-state index < -0.39 is 24.1 Å². The van der Waals surface area contributed by atoms with Gasteiger partial charge in [0.15, 0.2) is 5.60 Å². The molecule has 0 saturated carbocycles. The van der Waals surface area contributed by atoms with Crippen LogP contribution in [-0.2, 0) is 14.3 Å². The molecular formula is C6H10O5. The van der Waals surface area contributed by atoms with Gasteiger partial charge < -0.3 is 14.9 Å². The summed E-state index contributed by atoms with van der Waals surface area (Å²) < 4.78 is 3.99. The molecule has 0 aliphatic carbocycles. The highest BCUT2D eigenvalue weighted by atomic mass is 16.6. The average molecular weight is 162 g/mol. The van der Waals surface area contributed by atoms with E-state index in [0.29, 0.717) is 0 Å². The van der Waals surface area contributed by atoms with Crippen molar-refractivity contribution in [3.63, 3.8) is 0 Å². The van der Waals surface area contributed by atoms with Crippen molar-refractivity contribution in [3.8, 4) is 0 Å². The Bertz CT molecular complexity index is 166. The van der Waals surface area contributed by atoms with E-state index in [0.717, 1.165) is 0 Å². The third-order valence-corrected chi connectivity index (χ3v) is 0.835. The number of aliphatic hydroxyl groups excluding tert-OH is 1. The fourth-order valence-corrected chi connectivity index (χ4v) is 0.261. The number of aliphatic hydroxyl groups is 2. The van der Waals surface area contributed by atoms with Crippen molar-refractivity contribution in [2.45, 2.75) is 19.4 Å². The normalized spacial score (nSPS) is 10.9. The summed E-state index contributed by atoms with van der Waals surface area (Å²) in [7, 11) is 0. The van der Waals surface area contributed by atoms with Gasteiger partial charge in [0, 0.05) is 0 Å². The quantitative estimate of drug-likeness (QED) is 0.394. The van der Waals surface area contributed by atoms with Crippen LogP contribution in [-0.4, -0.2) is 34.4 Å². The molecule has 0 atom stereocenters. The number of rotatable bonds is 2. The van der Waals surface area contributed by atoms with Gasteiger partial charge in [-0.15, -0.1) is 0 Å². The van der Waals surface area contributed by atoms with Gasteiger partial charge in [0.2, 0.25) is 0 Å². The first-order valence-electron chi connectivity index (χ1n) is 2.96. The van der Waals surface area contributed by atoms with Crippen LogP contribution < -0.4 is 0 Å². The number of hydrogen-bond donors (Lipinski definition) is 2. The van der Waals surface area contributed by atoms with Crippen molar-refractivity contribution in [2.24, 2.45) is 0 Å². The van der Waals surface area contributed by atoms with E-state index in [2.05, 4.69) is 4.74 Å². The summed E-state index contributed by atoms with van der Waals surface area (Å²) in [4.78, 5) is 20.9. The van der Waals surface area contributed by atoms with Crippen molar-refractivity contribution in [3.05, 3.63) is 0 Å². The first kappa shape index (κ1) is 10.1. The van der Waals surface area contributed by atoms with Gasteiger partial charge in [-0.2, -0.15) is 0 Å². The zero-order valence-electron chi connectivity index (χ0n) is 6.33. The predicted octanol–water partition coefficient (Wildman–Crippen LogP) is -1.18. The molecule has 0 aliphatic heterocycles. The molecule has 0 aromatic rings. The SMILES string of the molecule is CC(C)(O)C(=O)OC(=O)CO. The van der Waals surface area contributed by atoms with Gasteiger partial charge in [-0.25, -0.2) is 9.59 Å². The minimum atomic E-state index is -1.70. The Morgan fingerprint density at radius 1 is 1.45 bits per heavy atom. The first-order chi connectivity index (χ1) is 4.88. The summed E-state index contributed by atoms with van der Waals surface area (Å²) in [5.74, 6) is -2.14. The maximum absolute atomic E-state index is 10.6. The lowest BCUT2D eigenvalue weighted by atomic mass is 10.1. The topological polar surface area (TPSA) is 83.8 Å². The second-order valence-corrected chi connectivity index (χ2v) is 2.48. The highest BCUT2D eigenvalue weighted by Crippen LogP contribution is 2.03. The zero-order valence-corrected chi connectivity index (χ0v) is 6.33. The molecule has 0 fully saturated rings. The van der Waals surface area contributed by atoms with Crippen LogP contribution in [0.25, 0.3) is 0 Å². The first-order valence-corrected chi connectivity index (χ1v) is 2.96. The van der Waals surface area contributed by atoms with Gasteiger partial charge in [-0.05, 0) is 13.8 Å².